The Morgan fingerprint density at radius 3 is 2.62 bits per heavy atom. The van der Waals surface area contributed by atoms with Crippen LogP contribution in [0, 0.1) is 6.92 Å². The summed E-state index contributed by atoms with van der Waals surface area (Å²) >= 11 is 6.88. The van der Waals surface area contributed by atoms with Crippen molar-refractivity contribution >= 4 is 39.9 Å². The number of aromatic nitrogens is 1. The van der Waals surface area contributed by atoms with Gasteiger partial charge in [0.05, 0.1) is 18.9 Å². The van der Waals surface area contributed by atoms with E-state index in [1.54, 1.807) is 6.92 Å². The van der Waals surface area contributed by atoms with Crippen LogP contribution in [0.3, 0.4) is 0 Å². The summed E-state index contributed by atoms with van der Waals surface area (Å²) in [6.45, 7) is 4.52. The Bertz CT molecular complexity index is 754. The van der Waals surface area contributed by atoms with Gasteiger partial charge in [-0.15, -0.1) is 0 Å². The lowest BCUT2D eigenvalue weighted by Gasteiger charge is -2.25. The maximum Gasteiger partial charge on any atom is 0.305 e. The second-order valence-electron chi connectivity index (χ2n) is 5.02. The van der Waals surface area contributed by atoms with Gasteiger partial charge in [-0.2, -0.15) is 0 Å². The van der Waals surface area contributed by atoms with Crippen LogP contribution < -0.4 is 15.8 Å². The standard InChI is InChI=1S/C14H15ClN4O4S/c1-8-11(24-14(16-8)19-4-6-22-7-5-19)13(21)18-17-12(20)9-2-3-10(15)23-9/h2-3H,4-7H2,1H3,(H,17,20)(H,18,21). The number of nitrogens with one attached hydrogen (secondary N) is 2. The van der Waals surface area contributed by atoms with Gasteiger partial charge in [0.1, 0.15) is 4.88 Å². The van der Waals surface area contributed by atoms with Gasteiger partial charge in [-0.25, -0.2) is 4.98 Å². The summed E-state index contributed by atoms with van der Waals surface area (Å²) in [7, 11) is 0. The van der Waals surface area contributed by atoms with Crippen LogP contribution in [0.25, 0.3) is 0 Å². The highest BCUT2D eigenvalue weighted by Gasteiger charge is 2.21. The largest absolute Gasteiger partial charge is 0.439 e. The number of nitrogens with zero attached hydrogens (tertiary/aromatic N) is 2. The van der Waals surface area contributed by atoms with Crippen molar-refractivity contribution in [2.24, 2.45) is 0 Å². The molecule has 0 aromatic carbocycles. The van der Waals surface area contributed by atoms with Crippen molar-refractivity contribution in [1.82, 2.24) is 15.8 Å². The van der Waals surface area contributed by atoms with E-state index < -0.39 is 11.8 Å². The Kier molecular flexibility index (Phi) is 5.03. The molecule has 24 heavy (non-hydrogen) atoms. The number of hydrazine groups is 1. The number of thiazole rings is 1. The highest BCUT2D eigenvalue weighted by molar-refractivity contribution is 7.17. The number of furan rings is 1. The number of halogens is 1. The second kappa shape index (κ2) is 7.20. The maximum absolute atomic E-state index is 12.2. The van der Waals surface area contributed by atoms with Gasteiger partial charge >= 0.3 is 5.91 Å². The van der Waals surface area contributed by atoms with E-state index in [1.165, 1.54) is 23.5 Å². The molecule has 10 heteroatoms. The van der Waals surface area contributed by atoms with Crippen molar-refractivity contribution in [3.8, 4) is 0 Å². The van der Waals surface area contributed by atoms with Crippen molar-refractivity contribution in [1.29, 1.82) is 0 Å². The van der Waals surface area contributed by atoms with Crippen LogP contribution in [0.5, 0.6) is 0 Å². The third kappa shape index (κ3) is 3.69. The van der Waals surface area contributed by atoms with Crippen molar-refractivity contribution in [3.05, 3.63) is 33.7 Å². The molecule has 1 aliphatic heterocycles. The van der Waals surface area contributed by atoms with Gasteiger partial charge in [-0.1, -0.05) is 11.3 Å². The summed E-state index contributed by atoms with van der Waals surface area (Å²) in [5, 5.41) is 0.866. The van der Waals surface area contributed by atoms with Gasteiger partial charge in [0.25, 0.3) is 5.91 Å². The number of hydrogen-bond acceptors (Lipinski definition) is 7. The fourth-order valence-electron chi connectivity index (χ4n) is 2.15. The number of amides is 2. The van der Waals surface area contributed by atoms with Crippen LogP contribution in [-0.2, 0) is 4.74 Å². The van der Waals surface area contributed by atoms with Crippen LogP contribution in [0.15, 0.2) is 16.5 Å². The molecule has 1 aliphatic rings. The van der Waals surface area contributed by atoms with E-state index in [2.05, 4.69) is 20.7 Å². The zero-order valence-corrected chi connectivity index (χ0v) is 14.4. The number of ether oxygens (including phenoxy) is 1. The average Bonchev–Trinajstić information content (AvgIpc) is 3.19. The number of aryl methyl sites for hydroxylation is 1. The third-order valence-corrected chi connectivity index (χ3v) is 4.78. The molecule has 0 aliphatic carbocycles. The Balaban J connectivity index is 1.62. The zero-order chi connectivity index (χ0) is 17.1. The first-order valence-electron chi connectivity index (χ1n) is 7.21. The lowest BCUT2D eigenvalue weighted by molar-refractivity contribution is 0.0832. The van der Waals surface area contributed by atoms with E-state index >= 15 is 0 Å². The van der Waals surface area contributed by atoms with E-state index in [0.29, 0.717) is 23.8 Å². The topological polar surface area (TPSA) is 96.7 Å². The molecule has 2 N–H and O–H groups in total. The molecule has 1 saturated heterocycles. The van der Waals surface area contributed by atoms with Gasteiger partial charge < -0.3 is 14.1 Å². The van der Waals surface area contributed by atoms with E-state index in [1.807, 2.05) is 0 Å². The summed E-state index contributed by atoms with van der Waals surface area (Å²) in [5.74, 6) is -1.02. The molecule has 0 radical (unpaired) electrons. The van der Waals surface area contributed by atoms with Crippen LogP contribution in [-0.4, -0.2) is 43.1 Å². The molecule has 0 unspecified atom stereocenters. The molecular formula is C14H15ClN4O4S. The number of hydrogen-bond donors (Lipinski definition) is 2. The molecule has 2 amide bonds. The minimum atomic E-state index is -0.592. The zero-order valence-electron chi connectivity index (χ0n) is 12.8. The Morgan fingerprint density at radius 2 is 1.96 bits per heavy atom. The first-order chi connectivity index (χ1) is 11.5. The summed E-state index contributed by atoms with van der Waals surface area (Å²) < 4.78 is 10.3. The van der Waals surface area contributed by atoms with E-state index in [9.17, 15) is 9.59 Å². The second-order valence-corrected chi connectivity index (χ2v) is 6.37. The molecule has 1 fully saturated rings. The van der Waals surface area contributed by atoms with Gasteiger partial charge in [-0.3, -0.25) is 20.4 Å². The molecular weight excluding hydrogens is 356 g/mol. The molecule has 8 nitrogen and oxygen atoms in total. The first kappa shape index (κ1) is 16.7. The van der Waals surface area contributed by atoms with Crippen LogP contribution in [0.4, 0.5) is 5.13 Å². The Morgan fingerprint density at radius 1 is 1.25 bits per heavy atom. The maximum atomic E-state index is 12.2. The average molecular weight is 371 g/mol. The molecule has 2 aromatic heterocycles. The molecule has 0 atom stereocenters. The molecule has 3 rings (SSSR count). The Hall–Kier alpha value is -2.10. The van der Waals surface area contributed by atoms with E-state index in [-0.39, 0.29) is 11.0 Å². The molecule has 2 aromatic rings. The predicted molar refractivity (Wildman–Crippen MR) is 88.5 cm³/mol. The highest BCUT2D eigenvalue weighted by Crippen LogP contribution is 2.26. The number of anilines is 1. The summed E-state index contributed by atoms with van der Waals surface area (Å²) in [6, 6.07) is 2.86. The number of carbonyl (C=O) groups is 2. The minimum Gasteiger partial charge on any atom is -0.439 e. The quantitative estimate of drug-likeness (QED) is 0.797. The van der Waals surface area contributed by atoms with Crippen molar-refractivity contribution in [3.63, 3.8) is 0 Å². The Labute approximate surface area is 146 Å². The van der Waals surface area contributed by atoms with Crippen molar-refractivity contribution < 1.29 is 18.7 Å². The molecule has 0 spiro atoms. The number of carbonyl (C=O) groups excluding carboxylic acids is 2. The molecule has 3 heterocycles. The summed E-state index contributed by atoms with van der Waals surface area (Å²) in [6.07, 6.45) is 0. The highest BCUT2D eigenvalue weighted by atomic mass is 35.5. The smallest absolute Gasteiger partial charge is 0.305 e. The van der Waals surface area contributed by atoms with Gasteiger partial charge in [-0.05, 0) is 30.7 Å². The van der Waals surface area contributed by atoms with Crippen molar-refractivity contribution in [2.45, 2.75) is 6.92 Å². The van der Waals surface area contributed by atoms with Gasteiger partial charge in [0, 0.05) is 13.1 Å². The number of rotatable bonds is 3. The number of morpholine rings is 1. The van der Waals surface area contributed by atoms with Crippen LogP contribution in [0.2, 0.25) is 5.22 Å². The lowest BCUT2D eigenvalue weighted by Crippen LogP contribution is -2.41. The van der Waals surface area contributed by atoms with E-state index in [0.717, 1.165) is 18.2 Å². The molecule has 0 saturated carbocycles. The van der Waals surface area contributed by atoms with Crippen LogP contribution >= 0.6 is 22.9 Å². The van der Waals surface area contributed by atoms with Gasteiger partial charge in [0.15, 0.2) is 16.1 Å². The predicted octanol–water partition coefficient (Wildman–Crippen LogP) is 1.61. The molecule has 0 bridgehead atoms. The normalized spacial score (nSPS) is 14.5. The summed E-state index contributed by atoms with van der Waals surface area (Å²) in [5.41, 5.74) is 5.24. The van der Waals surface area contributed by atoms with Crippen molar-refractivity contribution in [2.75, 3.05) is 31.2 Å². The fraction of sp³-hybridized carbons (Fsp3) is 0.357. The van der Waals surface area contributed by atoms with E-state index in [4.69, 9.17) is 20.8 Å². The third-order valence-electron chi connectivity index (χ3n) is 3.36. The molecule has 128 valence electrons. The SMILES string of the molecule is Cc1nc(N2CCOCC2)sc1C(=O)NNC(=O)c1ccc(Cl)o1. The monoisotopic (exact) mass is 370 g/mol. The first-order valence-corrected chi connectivity index (χ1v) is 8.40. The lowest BCUT2D eigenvalue weighted by atomic mass is 10.4. The fourth-order valence-corrected chi connectivity index (χ4v) is 3.31. The van der Waals surface area contributed by atoms with Gasteiger partial charge in [0.2, 0.25) is 0 Å². The van der Waals surface area contributed by atoms with Crippen LogP contribution in [0.1, 0.15) is 25.9 Å². The minimum absolute atomic E-state index is 0.00957. The summed E-state index contributed by atoms with van der Waals surface area (Å²) in [4.78, 5) is 31.0.